The zero-order chi connectivity index (χ0) is 19.9. The number of amides is 1. The fraction of sp³-hybridized carbons (Fsp3) is 0.435. The predicted octanol–water partition coefficient (Wildman–Crippen LogP) is 3.39. The number of carbonyl (C=O) groups excluding carboxylic acids is 1. The van der Waals surface area contributed by atoms with Gasteiger partial charge in [0.2, 0.25) is 5.91 Å². The van der Waals surface area contributed by atoms with E-state index in [0.717, 1.165) is 38.3 Å². The molecule has 150 valence electrons. The maximum absolute atomic E-state index is 12.6. The van der Waals surface area contributed by atoms with Crippen LogP contribution >= 0.6 is 0 Å². The number of rotatable bonds is 7. The van der Waals surface area contributed by atoms with Gasteiger partial charge in [0.15, 0.2) is 0 Å². The highest BCUT2D eigenvalue weighted by molar-refractivity contribution is 5.78. The van der Waals surface area contributed by atoms with Crippen molar-refractivity contribution < 1.29 is 9.53 Å². The lowest BCUT2D eigenvalue weighted by Crippen LogP contribution is -2.49. The monoisotopic (exact) mass is 381 g/mol. The normalized spacial score (nSPS) is 15.9. The Balaban J connectivity index is 1.48. The van der Waals surface area contributed by atoms with Crippen LogP contribution in [0.25, 0.3) is 0 Å². The second kappa shape index (κ2) is 9.60. The van der Waals surface area contributed by atoms with E-state index in [1.807, 2.05) is 12.1 Å². The van der Waals surface area contributed by atoms with E-state index >= 15 is 0 Å². The molecule has 28 heavy (non-hydrogen) atoms. The number of nitrogens with zero attached hydrogens (tertiary/aromatic N) is 2. The molecule has 0 radical (unpaired) electrons. The van der Waals surface area contributed by atoms with E-state index in [9.17, 15) is 4.79 Å². The van der Waals surface area contributed by atoms with Crippen LogP contribution in [0, 0.1) is 6.92 Å². The van der Waals surface area contributed by atoms with Crippen molar-refractivity contribution in [3.8, 4) is 5.75 Å². The van der Waals surface area contributed by atoms with Crippen LogP contribution in [0.2, 0.25) is 0 Å². The van der Waals surface area contributed by atoms with Crippen molar-refractivity contribution in [1.29, 1.82) is 0 Å². The van der Waals surface area contributed by atoms with Crippen molar-refractivity contribution in [2.75, 3.05) is 44.7 Å². The van der Waals surface area contributed by atoms with Gasteiger partial charge < -0.3 is 15.0 Å². The van der Waals surface area contributed by atoms with E-state index in [4.69, 9.17) is 4.74 Å². The molecule has 3 rings (SSSR count). The summed E-state index contributed by atoms with van der Waals surface area (Å²) in [5.74, 6) is 0.975. The lowest BCUT2D eigenvalue weighted by molar-refractivity contribution is -0.123. The summed E-state index contributed by atoms with van der Waals surface area (Å²) in [5.41, 5.74) is 3.61. The number of hydrogen-bond acceptors (Lipinski definition) is 4. The first kappa shape index (κ1) is 20.2. The van der Waals surface area contributed by atoms with E-state index in [0.29, 0.717) is 6.54 Å². The molecular formula is C23H31N3O2. The third kappa shape index (κ3) is 5.26. The average Bonchev–Trinajstić information content (AvgIpc) is 2.73. The van der Waals surface area contributed by atoms with E-state index < -0.39 is 0 Å². The molecule has 0 saturated carbocycles. The minimum absolute atomic E-state index is 0.0775. The van der Waals surface area contributed by atoms with Gasteiger partial charge >= 0.3 is 0 Å². The molecule has 1 amide bonds. The first-order valence-electron chi connectivity index (χ1n) is 10.1. The molecule has 1 fully saturated rings. The van der Waals surface area contributed by atoms with Crippen LogP contribution in [-0.2, 0) is 4.79 Å². The van der Waals surface area contributed by atoms with Crippen LogP contribution < -0.4 is 15.0 Å². The summed E-state index contributed by atoms with van der Waals surface area (Å²) >= 11 is 0. The molecule has 0 unspecified atom stereocenters. The van der Waals surface area contributed by atoms with E-state index in [-0.39, 0.29) is 11.9 Å². The lowest BCUT2D eigenvalue weighted by atomic mass is 10.0. The minimum atomic E-state index is 0.0775. The zero-order valence-electron chi connectivity index (χ0n) is 17.1. The molecule has 1 heterocycles. The molecule has 2 aromatic carbocycles. The maximum atomic E-state index is 12.6. The third-order valence-corrected chi connectivity index (χ3v) is 5.40. The molecule has 0 aliphatic carbocycles. The van der Waals surface area contributed by atoms with Gasteiger partial charge in [-0.05, 0) is 43.2 Å². The SMILES string of the molecule is CC[C@@H](NC(=O)CN1CCN(c2ccc(OC)cc2)CC1)c1ccc(C)cc1. The van der Waals surface area contributed by atoms with Crippen molar-refractivity contribution in [2.24, 2.45) is 0 Å². The van der Waals surface area contributed by atoms with Gasteiger partial charge in [-0.25, -0.2) is 0 Å². The molecule has 5 heteroatoms. The number of nitrogens with one attached hydrogen (secondary N) is 1. The second-order valence-electron chi connectivity index (χ2n) is 7.40. The molecule has 1 aliphatic rings. The minimum Gasteiger partial charge on any atom is -0.497 e. The molecule has 1 N–H and O–H groups in total. The van der Waals surface area contributed by atoms with Crippen LogP contribution in [0.1, 0.15) is 30.5 Å². The Morgan fingerprint density at radius 3 is 2.25 bits per heavy atom. The van der Waals surface area contributed by atoms with Crippen molar-refractivity contribution in [3.05, 3.63) is 59.7 Å². The van der Waals surface area contributed by atoms with Gasteiger partial charge in [0.05, 0.1) is 19.7 Å². The Kier molecular flexibility index (Phi) is 6.93. The summed E-state index contributed by atoms with van der Waals surface area (Å²) < 4.78 is 5.22. The third-order valence-electron chi connectivity index (χ3n) is 5.40. The van der Waals surface area contributed by atoms with Crippen LogP contribution in [0.15, 0.2) is 48.5 Å². The number of carbonyl (C=O) groups is 1. The van der Waals surface area contributed by atoms with Crippen LogP contribution in [-0.4, -0.2) is 50.6 Å². The number of benzene rings is 2. The molecule has 1 atom stereocenters. The molecule has 5 nitrogen and oxygen atoms in total. The average molecular weight is 382 g/mol. The molecule has 1 saturated heterocycles. The van der Waals surface area contributed by atoms with Gasteiger partial charge in [0.1, 0.15) is 5.75 Å². The van der Waals surface area contributed by atoms with Gasteiger partial charge in [-0.15, -0.1) is 0 Å². The summed E-state index contributed by atoms with van der Waals surface area (Å²) in [6, 6.07) is 16.7. The Morgan fingerprint density at radius 2 is 1.68 bits per heavy atom. The molecular weight excluding hydrogens is 350 g/mol. The number of piperazine rings is 1. The number of anilines is 1. The van der Waals surface area contributed by atoms with Crippen molar-refractivity contribution >= 4 is 11.6 Å². The van der Waals surface area contributed by atoms with Gasteiger partial charge in [-0.2, -0.15) is 0 Å². The van der Waals surface area contributed by atoms with Crippen LogP contribution in [0.5, 0.6) is 5.75 Å². The standard InChI is InChI=1S/C23H31N3O2/c1-4-22(19-7-5-18(2)6-8-19)24-23(27)17-25-13-15-26(16-14-25)20-9-11-21(28-3)12-10-20/h5-12,22H,4,13-17H2,1-3H3,(H,24,27)/t22-/m1/s1. The second-order valence-corrected chi connectivity index (χ2v) is 7.40. The molecule has 0 aromatic heterocycles. The Labute approximate surface area is 168 Å². The smallest absolute Gasteiger partial charge is 0.234 e. The lowest BCUT2D eigenvalue weighted by Gasteiger charge is -2.36. The Hall–Kier alpha value is -2.53. The summed E-state index contributed by atoms with van der Waals surface area (Å²) in [4.78, 5) is 17.2. The van der Waals surface area contributed by atoms with E-state index in [2.05, 4.69) is 65.4 Å². The molecule has 0 spiro atoms. The fourth-order valence-corrected chi connectivity index (χ4v) is 3.62. The molecule has 0 bridgehead atoms. The fourth-order valence-electron chi connectivity index (χ4n) is 3.62. The Bertz CT molecular complexity index is 750. The van der Waals surface area contributed by atoms with Gasteiger partial charge in [-0.3, -0.25) is 9.69 Å². The molecule has 1 aliphatic heterocycles. The highest BCUT2D eigenvalue weighted by Crippen LogP contribution is 2.21. The van der Waals surface area contributed by atoms with Gasteiger partial charge in [0, 0.05) is 31.9 Å². The van der Waals surface area contributed by atoms with Crippen molar-refractivity contribution in [2.45, 2.75) is 26.3 Å². The highest BCUT2D eigenvalue weighted by atomic mass is 16.5. The molecule has 2 aromatic rings. The largest absolute Gasteiger partial charge is 0.497 e. The maximum Gasteiger partial charge on any atom is 0.234 e. The summed E-state index contributed by atoms with van der Waals surface area (Å²) in [6.07, 6.45) is 0.889. The quantitative estimate of drug-likeness (QED) is 0.798. The summed E-state index contributed by atoms with van der Waals surface area (Å²) in [7, 11) is 1.68. The van der Waals surface area contributed by atoms with E-state index in [1.54, 1.807) is 7.11 Å². The van der Waals surface area contributed by atoms with E-state index in [1.165, 1.54) is 16.8 Å². The first-order chi connectivity index (χ1) is 13.6. The zero-order valence-corrected chi connectivity index (χ0v) is 17.1. The van der Waals surface area contributed by atoms with Crippen LogP contribution in [0.3, 0.4) is 0 Å². The summed E-state index contributed by atoms with van der Waals surface area (Å²) in [6.45, 7) is 8.28. The van der Waals surface area contributed by atoms with Crippen molar-refractivity contribution in [1.82, 2.24) is 10.2 Å². The number of aryl methyl sites for hydroxylation is 1. The highest BCUT2D eigenvalue weighted by Gasteiger charge is 2.20. The van der Waals surface area contributed by atoms with Gasteiger partial charge in [0.25, 0.3) is 0 Å². The summed E-state index contributed by atoms with van der Waals surface area (Å²) in [5, 5.41) is 3.20. The number of ether oxygens (including phenoxy) is 1. The first-order valence-corrected chi connectivity index (χ1v) is 10.1. The van der Waals surface area contributed by atoms with Gasteiger partial charge in [-0.1, -0.05) is 36.8 Å². The number of methoxy groups -OCH3 is 1. The van der Waals surface area contributed by atoms with Crippen LogP contribution in [0.4, 0.5) is 5.69 Å². The Morgan fingerprint density at radius 1 is 1.04 bits per heavy atom. The van der Waals surface area contributed by atoms with Crippen molar-refractivity contribution in [3.63, 3.8) is 0 Å². The predicted molar refractivity (Wildman–Crippen MR) is 114 cm³/mol. The topological polar surface area (TPSA) is 44.8 Å². The number of hydrogen-bond donors (Lipinski definition) is 1.